The van der Waals surface area contributed by atoms with E-state index >= 15 is 0 Å². The smallest absolute Gasteiger partial charge is 0.337 e. The van der Waals surface area contributed by atoms with Crippen molar-refractivity contribution >= 4 is 29.8 Å². The second-order valence-electron chi connectivity index (χ2n) is 10.4. The summed E-state index contributed by atoms with van der Waals surface area (Å²) in [6.45, 7) is 11.0. The van der Waals surface area contributed by atoms with E-state index in [0.717, 1.165) is 20.8 Å². The van der Waals surface area contributed by atoms with Gasteiger partial charge < -0.3 is 33.5 Å². The minimum atomic E-state index is -2.30. The van der Waals surface area contributed by atoms with E-state index in [9.17, 15) is 29.1 Å². The van der Waals surface area contributed by atoms with Crippen molar-refractivity contribution in [2.24, 2.45) is 0 Å². The number of hydrogen-bond donors (Lipinski definition) is 1. The van der Waals surface area contributed by atoms with Gasteiger partial charge in [0.1, 0.15) is 11.7 Å². The van der Waals surface area contributed by atoms with Crippen molar-refractivity contribution in [3.63, 3.8) is 0 Å². The average molecular weight is 539 g/mol. The fourth-order valence-corrected chi connectivity index (χ4v) is 6.07. The SMILES string of the molecule is C=C(C)C(=O)OC1CC(C)(OC(C)=O)C2(O)CCC(C)(OC(C)=O)C(OC(C)=O)C23OC(=O)C(COC)=C13. The Morgan fingerprint density at radius 3 is 2.11 bits per heavy atom. The Morgan fingerprint density at radius 2 is 1.61 bits per heavy atom. The number of rotatable bonds is 7. The maximum Gasteiger partial charge on any atom is 0.337 e. The molecule has 1 heterocycles. The van der Waals surface area contributed by atoms with Crippen LogP contribution in [-0.2, 0) is 52.4 Å². The van der Waals surface area contributed by atoms with Crippen molar-refractivity contribution in [1.82, 2.24) is 0 Å². The van der Waals surface area contributed by atoms with Gasteiger partial charge in [-0.15, -0.1) is 0 Å². The van der Waals surface area contributed by atoms with Gasteiger partial charge in [-0.05, 0) is 33.6 Å². The molecule has 2 aliphatic carbocycles. The summed E-state index contributed by atoms with van der Waals surface area (Å²) in [6, 6.07) is 0. The summed E-state index contributed by atoms with van der Waals surface area (Å²) in [4.78, 5) is 63.0. The van der Waals surface area contributed by atoms with Gasteiger partial charge in [0.25, 0.3) is 0 Å². The molecule has 210 valence electrons. The quantitative estimate of drug-likeness (QED) is 0.281. The first-order valence-corrected chi connectivity index (χ1v) is 12.1. The highest BCUT2D eigenvalue weighted by atomic mass is 16.6. The van der Waals surface area contributed by atoms with Gasteiger partial charge in [-0.3, -0.25) is 14.4 Å². The van der Waals surface area contributed by atoms with Crippen molar-refractivity contribution in [2.45, 2.75) is 95.4 Å². The molecule has 3 rings (SSSR count). The highest BCUT2D eigenvalue weighted by molar-refractivity contribution is 5.95. The lowest BCUT2D eigenvalue weighted by atomic mass is 9.50. The van der Waals surface area contributed by atoms with E-state index in [4.69, 9.17) is 28.4 Å². The highest BCUT2D eigenvalue weighted by Gasteiger charge is 2.82. The molecule has 0 aromatic rings. The third-order valence-electron chi connectivity index (χ3n) is 7.43. The predicted octanol–water partition coefficient (Wildman–Crippen LogP) is 1.22. The summed E-state index contributed by atoms with van der Waals surface area (Å²) in [5.41, 5.74) is -8.05. The van der Waals surface area contributed by atoms with Crippen LogP contribution in [0.3, 0.4) is 0 Å². The largest absolute Gasteiger partial charge is 0.456 e. The molecule has 0 radical (unpaired) electrons. The van der Waals surface area contributed by atoms with E-state index in [1.807, 2.05) is 0 Å². The van der Waals surface area contributed by atoms with Crippen molar-refractivity contribution in [2.75, 3.05) is 13.7 Å². The van der Waals surface area contributed by atoms with E-state index in [2.05, 4.69) is 6.58 Å². The number of methoxy groups -OCH3 is 1. The van der Waals surface area contributed by atoms with E-state index in [-0.39, 0.29) is 42.6 Å². The maximum absolute atomic E-state index is 13.4. The Bertz CT molecular complexity index is 1120. The molecule has 1 spiro atoms. The summed E-state index contributed by atoms with van der Waals surface area (Å²) < 4.78 is 33.9. The van der Waals surface area contributed by atoms with Gasteiger partial charge in [0.2, 0.25) is 5.60 Å². The molecular weight excluding hydrogens is 504 g/mol. The van der Waals surface area contributed by atoms with Crippen LogP contribution in [-0.4, -0.2) is 83.3 Å². The van der Waals surface area contributed by atoms with Crippen molar-refractivity contribution in [1.29, 1.82) is 0 Å². The molecule has 12 nitrogen and oxygen atoms in total. The van der Waals surface area contributed by atoms with Gasteiger partial charge in [0, 0.05) is 45.4 Å². The van der Waals surface area contributed by atoms with Crippen LogP contribution < -0.4 is 0 Å². The summed E-state index contributed by atoms with van der Waals surface area (Å²) in [5, 5.41) is 12.5. The molecule has 1 N–H and O–H groups in total. The molecule has 6 atom stereocenters. The standard InChI is InChI=1S/C26H34O12/c1-13(2)20(30)35-18-11-24(7,37-16(5)29)25(32)10-9-23(6,36-15(4)28)22(34-14(3)27)26(25)19(18)17(12-33-8)21(31)38-26/h18,22,32H,1,9-12H2,2-8H3. The molecule has 1 aliphatic heterocycles. The monoisotopic (exact) mass is 538 g/mol. The van der Waals surface area contributed by atoms with Crippen molar-refractivity contribution in [3.8, 4) is 0 Å². The summed E-state index contributed by atoms with van der Waals surface area (Å²) >= 11 is 0. The van der Waals surface area contributed by atoms with Crippen molar-refractivity contribution < 1.29 is 57.5 Å². The zero-order chi connectivity index (χ0) is 28.8. The Kier molecular flexibility index (Phi) is 7.56. The van der Waals surface area contributed by atoms with Crippen LogP contribution in [0.25, 0.3) is 0 Å². The first-order valence-electron chi connectivity index (χ1n) is 12.1. The minimum absolute atomic E-state index is 0.0320. The number of ether oxygens (including phenoxy) is 6. The van der Waals surface area contributed by atoms with Gasteiger partial charge in [-0.1, -0.05) is 6.58 Å². The fourth-order valence-electron chi connectivity index (χ4n) is 6.07. The number of carbonyl (C=O) groups is 5. The highest BCUT2D eigenvalue weighted by Crippen LogP contribution is 2.63. The normalized spacial score (nSPS) is 35.8. The third kappa shape index (κ3) is 4.39. The third-order valence-corrected chi connectivity index (χ3v) is 7.43. The van der Waals surface area contributed by atoms with Crippen LogP contribution in [0, 0.1) is 0 Å². The molecule has 0 aromatic heterocycles. The van der Waals surface area contributed by atoms with Gasteiger partial charge in [0.15, 0.2) is 17.3 Å². The van der Waals surface area contributed by atoms with Crippen LogP contribution in [0.15, 0.2) is 23.3 Å². The zero-order valence-electron chi connectivity index (χ0n) is 22.6. The number of esters is 5. The first-order chi connectivity index (χ1) is 17.5. The molecule has 3 aliphatic rings. The Hall–Kier alpha value is -3.25. The van der Waals surface area contributed by atoms with Gasteiger partial charge >= 0.3 is 29.8 Å². The first kappa shape index (κ1) is 29.3. The molecule has 0 aromatic carbocycles. The minimum Gasteiger partial charge on any atom is -0.456 e. The molecule has 38 heavy (non-hydrogen) atoms. The van der Waals surface area contributed by atoms with Crippen molar-refractivity contribution in [3.05, 3.63) is 23.3 Å². The number of hydrogen-bond acceptors (Lipinski definition) is 12. The van der Waals surface area contributed by atoms with Crippen LogP contribution in [0.4, 0.5) is 0 Å². The fraction of sp³-hybridized carbons (Fsp3) is 0.654. The van der Waals surface area contributed by atoms with Crippen LogP contribution in [0.1, 0.15) is 60.8 Å². The average Bonchev–Trinajstić information content (AvgIpc) is 3.06. The van der Waals surface area contributed by atoms with E-state index in [0.29, 0.717) is 0 Å². The lowest BCUT2D eigenvalue weighted by Crippen LogP contribution is -2.82. The molecule has 12 heteroatoms. The Labute approximate surface area is 220 Å². The molecule has 0 bridgehead atoms. The summed E-state index contributed by atoms with van der Waals surface area (Å²) in [6.07, 6.45) is -3.53. The molecule has 2 fully saturated rings. The molecule has 6 unspecified atom stereocenters. The van der Waals surface area contributed by atoms with Gasteiger partial charge in [-0.2, -0.15) is 0 Å². The van der Waals surface area contributed by atoms with Crippen LogP contribution >= 0.6 is 0 Å². The number of carbonyl (C=O) groups excluding carboxylic acids is 5. The summed E-state index contributed by atoms with van der Waals surface area (Å²) in [7, 11) is 1.33. The molecular formula is C26H34O12. The number of aliphatic hydroxyl groups is 1. The lowest BCUT2D eigenvalue weighted by molar-refractivity contribution is -0.325. The zero-order valence-corrected chi connectivity index (χ0v) is 22.6. The van der Waals surface area contributed by atoms with E-state index < -0.39 is 64.5 Å². The molecule has 2 saturated carbocycles. The predicted molar refractivity (Wildman–Crippen MR) is 127 cm³/mol. The van der Waals surface area contributed by atoms with Crippen LogP contribution in [0.5, 0.6) is 0 Å². The summed E-state index contributed by atoms with van der Waals surface area (Å²) in [5.74, 6) is -4.09. The second kappa shape index (κ2) is 9.81. The van der Waals surface area contributed by atoms with E-state index in [1.54, 1.807) is 0 Å². The maximum atomic E-state index is 13.4. The Morgan fingerprint density at radius 1 is 1.00 bits per heavy atom. The second-order valence-corrected chi connectivity index (χ2v) is 10.4. The van der Waals surface area contributed by atoms with Crippen LogP contribution in [0.2, 0.25) is 0 Å². The van der Waals surface area contributed by atoms with E-state index in [1.165, 1.54) is 27.9 Å². The Balaban J connectivity index is 2.44. The topological polar surface area (TPSA) is 161 Å². The lowest BCUT2D eigenvalue weighted by Gasteiger charge is -2.64. The van der Waals surface area contributed by atoms with Gasteiger partial charge in [0.05, 0.1) is 12.2 Å². The molecule has 0 saturated heterocycles. The molecule has 0 amide bonds. The van der Waals surface area contributed by atoms with Gasteiger partial charge in [-0.25, -0.2) is 9.59 Å².